The largest absolute Gasteiger partial charge is 0.476 e. The lowest BCUT2D eigenvalue weighted by Crippen LogP contribution is -2.27. The van der Waals surface area contributed by atoms with Crippen LogP contribution in [-0.2, 0) is 10.0 Å². The molecule has 0 saturated heterocycles. The highest BCUT2D eigenvalue weighted by atomic mass is 32.2. The molecule has 0 unspecified atom stereocenters. The lowest BCUT2D eigenvalue weighted by atomic mass is 10.4. The molecule has 9 heteroatoms. The van der Waals surface area contributed by atoms with Crippen molar-refractivity contribution < 1.29 is 18.3 Å². The average Bonchev–Trinajstić information content (AvgIpc) is 2.61. The Labute approximate surface area is 103 Å². The van der Waals surface area contributed by atoms with Crippen molar-refractivity contribution in [2.75, 3.05) is 18.6 Å². The molecule has 7 nitrogen and oxygen atoms in total. The van der Waals surface area contributed by atoms with Crippen LogP contribution in [0.2, 0.25) is 0 Å². The Morgan fingerprint density at radius 3 is 2.76 bits per heavy atom. The van der Waals surface area contributed by atoms with Crippen LogP contribution in [0.4, 0.5) is 0 Å². The predicted octanol–water partition coefficient (Wildman–Crippen LogP) is 0.0576. The van der Waals surface area contributed by atoms with Gasteiger partial charge in [0.05, 0.1) is 5.69 Å². The second-order valence-electron chi connectivity index (χ2n) is 3.22. The van der Waals surface area contributed by atoms with E-state index in [1.807, 2.05) is 6.26 Å². The minimum absolute atomic E-state index is 0.207. The van der Waals surface area contributed by atoms with Gasteiger partial charge in [-0.2, -0.15) is 16.9 Å². The summed E-state index contributed by atoms with van der Waals surface area (Å²) >= 11 is 1.49. The lowest BCUT2D eigenvalue weighted by Gasteiger charge is -2.05. The molecule has 0 atom stereocenters. The highest BCUT2D eigenvalue weighted by Crippen LogP contribution is 2.17. The first-order chi connectivity index (χ1) is 7.90. The van der Waals surface area contributed by atoms with E-state index in [0.29, 0.717) is 5.75 Å². The molecule has 1 heterocycles. The Hall–Kier alpha value is -1.06. The van der Waals surface area contributed by atoms with Gasteiger partial charge in [-0.1, -0.05) is 0 Å². The number of rotatable bonds is 6. The SMILES string of the molecule is CSCCNS(=O)(=O)c1c(C(=O)O)n[nH]c1C. The van der Waals surface area contributed by atoms with E-state index >= 15 is 0 Å². The van der Waals surface area contributed by atoms with Crippen molar-refractivity contribution in [1.82, 2.24) is 14.9 Å². The van der Waals surface area contributed by atoms with Gasteiger partial charge >= 0.3 is 5.97 Å². The molecule has 0 aliphatic carbocycles. The molecule has 0 aliphatic rings. The number of nitrogens with one attached hydrogen (secondary N) is 2. The Balaban J connectivity index is 3.06. The molecule has 0 aromatic carbocycles. The molecule has 0 fully saturated rings. The van der Waals surface area contributed by atoms with E-state index in [0.717, 1.165) is 0 Å². The molecule has 1 rings (SSSR count). The van der Waals surface area contributed by atoms with Crippen LogP contribution in [0, 0.1) is 6.92 Å². The van der Waals surface area contributed by atoms with Crippen LogP contribution in [0.15, 0.2) is 4.90 Å². The van der Waals surface area contributed by atoms with E-state index in [1.54, 1.807) is 0 Å². The molecule has 0 radical (unpaired) electrons. The minimum Gasteiger partial charge on any atom is -0.476 e. The predicted molar refractivity (Wildman–Crippen MR) is 63.9 cm³/mol. The summed E-state index contributed by atoms with van der Waals surface area (Å²) < 4.78 is 26.1. The van der Waals surface area contributed by atoms with Gasteiger partial charge in [0.25, 0.3) is 0 Å². The molecular formula is C8H13N3O4S2. The summed E-state index contributed by atoms with van der Waals surface area (Å²) in [6, 6.07) is 0. The topological polar surface area (TPSA) is 112 Å². The second-order valence-corrected chi connectivity index (χ2v) is 5.91. The fourth-order valence-corrected chi connectivity index (χ4v) is 3.03. The molecule has 0 spiro atoms. The van der Waals surface area contributed by atoms with Gasteiger partial charge in [-0.3, -0.25) is 5.10 Å². The number of aromatic carboxylic acids is 1. The van der Waals surface area contributed by atoms with Crippen LogP contribution in [0.25, 0.3) is 0 Å². The van der Waals surface area contributed by atoms with Gasteiger partial charge in [0.2, 0.25) is 10.0 Å². The number of H-pyrrole nitrogens is 1. The van der Waals surface area contributed by atoms with Gasteiger partial charge in [0.1, 0.15) is 4.90 Å². The Bertz CT molecular complexity index is 509. The molecular weight excluding hydrogens is 266 g/mol. The van der Waals surface area contributed by atoms with Crippen molar-refractivity contribution in [3.63, 3.8) is 0 Å². The first kappa shape index (κ1) is 14.0. The highest BCUT2D eigenvalue weighted by Gasteiger charge is 2.27. The molecule has 96 valence electrons. The van der Waals surface area contributed by atoms with Crippen molar-refractivity contribution in [2.45, 2.75) is 11.8 Å². The van der Waals surface area contributed by atoms with Crippen LogP contribution in [-0.4, -0.2) is 48.2 Å². The third kappa shape index (κ3) is 3.20. The van der Waals surface area contributed by atoms with Gasteiger partial charge in [0, 0.05) is 12.3 Å². The van der Waals surface area contributed by atoms with E-state index in [9.17, 15) is 13.2 Å². The zero-order valence-electron chi connectivity index (χ0n) is 9.35. The highest BCUT2D eigenvalue weighted by molar-refractivity contribution is 7.98. The first-order valence-electron chi connectivity index (χ1n) is 4.67. The minimum atomic E-state index is -3.83. The number of nitrogens with zero attached hydrogens (tertiary/aromatic N) is 1. The maximum Gasteiger partial charge on any atom is 0.357 e. The van der Waals surface area contributed by atoms with Crippen molar-refractivity contribution in [3.05, 3.63) is 11.4 Å². The number of hydrogen-bond acceptors (Lipinski definition) is 5. The van der Waals surface area contributed by atoms with Crippen LogP contribution in [0.5, 0.6) is 0 Å². The number of thioether (sulfide) groups is 1. The van der Waals surface area contributed by atoms with E-state index < -0.39 is 21.7 Å². The number of carboxylic acids is 1. The maximum atomic E-state index is 11.9. The van der Waals surface area contributed by atoms with Crippen molar-refractivity contribution in [3.8, 4) is 0 Å². The smallest absolute Gasteiger partial charge is 0.357 e. The fraction of sp³-hybridized carbons (Fsp3) is 0.500. The molecule has 0 amide bonds. The summed E-state index contributed by atoms with van der Waals surface area (Å²) in [4.78, 5) is 10.5. The molecule has 0 saturated carbocycles. The van der Waals surface area contributed by atoms with Crippen molar-refractivity contribution in [1.29, 1.82) is 0 Å². The molecule has 0 bridgehead atoms. The summed E-state index contributed by atoms with van der Waals surface area (Å²) in [6.07, 6.45) is 1.85. The van der Waals surface area contributed by atoms with Gasteiger partial charge in [-0.05, 0) is 13.2 Å². The quantitative estimate of drug-likeness (QED) is 0.635. The third-order valence-corrected chi connectivity index (χ3v) is 4.19. The van der Waals surface area contributed by atoms with E-state index in [1.165, 1.54) is 18.7 Å². The molecule has 0 aliphatic heterocycles. The Morgan fingerprint density at radius 1 is 1.59 bits per heavy atom. The Kier molecular flexibility index (Phi) is 4.54. The molecule has 17 heavy (non-hydrogen) atoms. The van der Waals surface area contributed by atoms with Crippen LogP contribution < -0.4 is 4.72 Å². The molecule has 1 aromatic heterocycles. The van der Waals surface area contributed by atoms with Crippen LogP contribution in [0.1, 0.15) is 16.2 Å². The number of aryl methyl sites for hydroxylation is 1. The van der Waals surface area contributed by atoms with Crippen molar-refractivity contribution in [2.24, 2.45) is 0 Å². The maximum absolute atomic E-state index is 11.9. The Morgan fingerprint density at radius 2 is 2.24 bits per heavy atom. The second kappa shape index (κ2) is 5.52. The number of carbonyl (C=O) groups is 1. The number of carboxylic acid groups (broad SMARTS) is 1. The summed E-state index contributed by atoms with van der Waals surface area (Å²) in [6.45, 7) is 1.70. The first-order valence-corrected chi connectivity index (χ1v) is 7.54. The summed E-state index contributed by atoms with van der Waals surface area (Å²) in [5.41, 5.74) is -0.279. The van der Waals surface area contributed by atoms with Gasteiger partial charge in [0.15, 0.2) is 5.69 Å². The van der Waals surface area contributed by atoms with Crippen LogP contribution >= 0.6 is 11.8 Å². The standard InChI is InChI=1S/C8H13N3O4S2/c1-5-7(6(8(12)13)11-10-5)17(14,15)9-3-4-16-2/h9H,3-4H2,1-2H3,(H,10,11)(H,12,13). The van der Waals surface area contributed by atoms with E-state index in [4.69, 9.17) is 5.11 Å². The van der Waals surface area contributed by atoms with E-state index in [2.05, 4.69) is 14.9 Å². The molecule has 1 aromatic rings. The number of aromatic amines is 1. The summed E-state index contributed by atoms with van der Waals surface area (Å²) in [5, 5.41) is 14.7. The van der Waals surface area contributed by atoms with Crippen LogP contribution in [0.3, 0.4) is 0 Å². The summed E-state index contributed by atoms with van der Waals surface area (Å²) in [7, 11) is -3.83. The van der Waals surface area contributed by atoms with Gasteiger partial charge < -0.3 is 5.11 Å². The number of sulfonamides is 1. The zero-order valence-corrected chi connectivity index (χ0v) is 11.0. The average molecular weight is 279 g/mol. The number of hydrogen-bond donors (Lipinski definition) is 3. The molecule has 3 N–H and O–H groups in total. The number of aromatic nitrogens is 2. The normalized spacial score (nSPS) is 11.6. The fourth-order valence-electron chi connectivity index (χ4n) is 1.24. The van der Waals surface area contributed by atoms with Gasteiger partial charge in [-0.25, -0.2) is 17.9 Å². The third-order valence-electron chi connectivity index (χ3n) is 1.96. The monoisotopic (exact) mass is 279 g/mol. The summed E-state index contributed by atoms with van der Waals surface area (Å²) in [5.74, 6) is -0.766. The van der Waals surface area contributed by atoms with E-state index in [-0.39, 0.29) is 17.1 Å². The zero-order chi connectivity index (χ0) is 13.1. The lowest BCUT2D eigenvalue weighted by molar-refractivity contribution is 0.0686. The van der Waals surface area contributed by atoms with Crippen molar-refractivity contribution >= 4 is 27.8 Å². The van der Waals surface area contributed by atoms with Gasteiger partial charge in [-0.15, -0.1) is 0 Å².